The monoisotopic (exact) mass is 387 g/mol. The van der Waals surface area contributed by atoms with Crippen LogP contribution in [-0.4, -0.2) is 42.3 Å². The second-order valence-electron chi connectivity index (χ2n) is 7.25. The van der Waals surface area contributed by atoms with Crippen LogP contribution in [0.5, 0.6) is 5.75 Å². The lowest BCUT2D eigenvalue weighted by Crippen LogP contribution is -2.49. The molecular weight excluding hydrogens is 366 g/mol. The van der Waals surface area contributed by atoms with E-state index in [2.05, 4.69) is 17.0 Å². The molecule has 0 saturated carbocycles. The maximum Gasteiger partial charge on any atom is 0.309 e. The number of carboxylic acids is 1. The maximum absolute atomic E-state index is 10.8. The van der Waals surface area contributed by atoms with Crippen molar-refractivity contribution < 1.29 is 19.4 Å². The van der Waals surface area contributed by atoms with Crippen molar-refractivity contribution in [1.82, 2.24) is 4.90 Å². The summed E-state index contributed by atoms with van der Waals surface area (Å²) in [4.78, 5) is 13.0. The lowest BCUT2D eigenvalue weighted by molar-refractivity contribution is -0.147. The molecule has 2 aromatic carbocycles. The normalized spacial score (nSPS) is 18.0. The number of aliphatic carboxylic acids is 1. The van der Waals surface area contributed by atoms with Crippen LogP contribution in [0.3, 0.4) is 0 Å². The highest BCUT2D eigenvalue weighted by atomic mass is 35.5. The molecular formula is C21H22ClNO4. The highest BCUT2D eigenvalue weighted by Crippen LogP contribution is 2.31. The van der Waals surface area contributed by atoms with Gasteiger partial charge in [-0.1, -0.05) is 35.9 Å². The first kappa shape index (κ1) is 18.3. The number of hydrogen-bond donors (Lipinski definition) is 1. The van der Waals surface area contributed by atoms with Crippen molar-refractivity contribution in [2.24, 2.45) is 5.92 Å². The summed E-state index contributed by atoms with van der Waals surface area (Å²) in [7, 11) is 0. The predicted octanol–water partition coefficient (Wildman–Crippen LogP) is 3.55. The molecule has 0 radical (unpaired) electrons. The minimum atomic E-state index is -0.704. The first-order valence-corrected chi connectivity index (χ1v) is 9.49. The van der Waals surface area contributed by atoms with Gasteiger partial charge < -0.3 is 14.6 Å². The van der Waals surface area contributed by atoms with Crippen molar-refractivity contribution in [2.75, 3.05) is 26.3 Å². The van der Waals surface area contributed by atoms with E-state index in [0.29, 0.717) is 25.6 Å². The van der Waals surface area contributed by atoms with Crippen LogP contribution in [0.4, 0.5) is 0 Å². The molecule has 2 aliphatic rings. The number of likely N-dealkylation sites (tertiary alicyclic amines) is 1. The van der Waals surface area contributed by atoms with Gasteiger partial charge in [0.2, 0.25) is 0 Å². The number of carboxylic acid groups (broad SMARTS) is 1. The van der Waals surface area contributed by atoms with Gasteiger partial charge in [-0.05, 0) is 34.9 Å². The molecule has 2 fully saturated rings. The molecule has 2 aliphatic heterocycles. The standard InChI is InChI=1S/C21H22ClNO4/c22-20-7-15(3-6-19(20)17-12-26-13-17)11-27-18-4-1-14(2-5-18)8-23-9-16(10-23)21(24)25/h1-7,16-17H,8-13H2,(H,24,25). The summed E-state index contributed by atoms with van der Waals surface area (Å²) >= 11 is 6.38. The molecule has 0 aliphatic carbocycles. The largest absolute Gasteiger partial charge is 0.489 e. The van der Waals surface area contributed by atoms with Gasteiger partial charge in [-0.15, -0.1) is 0 Å². The first-order chi connectivity index (χ1) is 13.1. The lowest BCUT2D eigenvalue weighted by atomic mass is 9.96. The van der Waals surface area contributed by atoms with Gasteiger partial charge in [0.05, 0.1) is 19.1 Å². The van der Waals surface area contributed by atoms with Crippen LogP contribution in [0, 0.1) is 5.92 Å². The zero-order valence-electron chi connectivity index (χ0n) is 14.9. The molecule has 0 unspecified atom stereocenters. The molecule has 2 saturated heterocycles. The average Bonchev–Trinajstić information content (AvgIpc) is 2.57. The third-order valence-corrected chi connectivity index (χ3v) is 5.51. The van der Waals surface area contributed by atoms with Crippen LogP contribution >= 0.6 is 11.6 Å². The van der Waals surface area contributed by atoms with Crippen molar-refractivity contribution in [2.45, 2.75) is 19.1 Å². The third kappa shape index (κ3) is 4.26. The fourth-order valence-electron chi connectivity index (χ4n) is 3.38. The lowest BCUT2D eigenvalue weighted by Gasteiger charge is -2.36. The molecule has 142 valence electrons. The molecule has 0 aromatic heterocycles. The average molecular weight is 388 g/mol. The Morgan fingerprint density at radius 2 is 1.85 bits per heavy atom. The zero-order chi connectivity index (χ0) is 18.8. The van der Waals surface area contributed by atoms with E-state index in [1.54, 1.807) is 0 Å². The van der Waals surface area contributed by atoms with Crippen molar-refractivity contribution in [1.29, 1.82) is 0 Å². The minimum Gasteiger partial charge on any atom is -0.489 e. The topological polar surface area (TPSA) is 59.0 Å². The molecule has 6 heteroatoms. The van der Waals surface area contributed by atoms with Crippen molar-refractivity contribution >= 4 is 17.6 Å². The van der Waals surface area contributed by atoms with Crippen LogP contribution in [-0.2, 0) is 22.7 Å². The van der Waals surface area contributed by atoms with Crippen molar-refractivity contribution in [3.8, 4) is 5.75 Å². The van der Waals surface area contributed by atoms with E-state index in [9.17, 15) is 4.79 Å². The van der Waals surface area contributed by atoms with E-state index < -0.39 is 5.97 Å². The first-order valence-electron chi connectivity index (χ1n) is 9.11. The molecule has 0 spiro atoms. The summed E-state index contributed by atoms with van der Waals surface area (Å²) in [5.41, 5.74) is 3.34. The van der Waals surface area contributed by atoms with Crippen LogP contribution in [0.2, 0.25) is 5.02 Å². The molecule has 2 heterocycles. The Morgan fingerprint density at radius 3 is 2.44 bits per heavy atom. The predicted molar refractivity (Wildman–Crippen MR) is 102 cm³/mol. The van der Waals surface area contributed by atoms with Crippen molar-refractivity contribution in [3.63, 3.8) is 0 Å². The number of benzene rings is 2. The van der Waals surface area contributed by atoms with E-state index >= 15 is 0 Å². The summed E-state index contributed by atoms with van der Waals surface area (Å²) < 4.78 is 11.1. The van der Waals surface area contributed by atoms with Crippen LogP contribution in [0.15, 0.2) is 42.5 Å². The van der Waals surface area contributed by atoms with E-state index in [4.69, 9.17) is 26.2 Å². The molecule has 4 rings (SSSR count). The highest BCUT2D eigenvalue weighted by molar-refractivity contribution is 6.31. The number of rotatable bonds is 7. The molecule has 5 nitrogen and oxygen atoms in total. The van der Waals surface area contributed by atoms with Gasteiger partial charge >= 0.3 is 5.97 Å². The summed E-state index contributed by atoms with van der Waals surface area (Å²) in [6.45, 7) is 3.97. The van der Waals surface area contributed by atoms with Gasteiger partial charge in [-0.2, -0.15) is 0 Å². The summed E-state index contributed by atoms with van der Waals surface area (Å²) in [6.07, 6.45) is 0. The Bertz CT molecular complexity index is 813. The minimum absolute atomic E-state index is 0.220. The molecule has 2 aromatic rings. The fraction of sp³-hybridized carbons (Fsp3) is 0.381. The summed E-state index contributed by atoms with van der Waals surface area (Å²) in [6, 6.07) is 14.0. The maximum atomic E-state index is 10.8. The Hall–Kier alpha value is -2.08. The van der Waals surface area contributed by atoms with E-state index in [1.165, 1.54) is 0 Å². The number of carbonyl (C=O) groups is 1. The number of hydrogen-bond acceptors (Lipinski definition) is 4. The van der Waals surface area contributed by atoms with Crippen LogP contribution in [0.1, 0.15) is 22.6 Å². The van der Waals surface area contributed by atoms with Gasteiger partial charge in [-0.25, -0.2) is 0 Å². The molecule has 0 amide bonds. The zero-order valence-corrected chi connectivity index (χ0v) is 15.7. The van der Waals surface area contributed by atoms with Gasteiger partial charge in [-0.3, -0.25) is 9.69 Å². The van der Waals surface area contributed by atoms with E-state index in [0.717, 1.165) is 47.2 Å². The van der Waals surface area contributed by atoms with Gasteiger partial charge in [0, 0.05) is 30.6 Å². The summed E-state index contributed by atoms with van der Waals surface area (Å²) in [5.74, 6) is 0.294. The van der Waals surface area contributed by atoms with Gasteiger partial charge in [0.15, 0.2) is 0 Å². The molecule has 0 bridgehead atoms. The van der Waals surface area contributed by atoms with E-state index in [1.807, 2.05) is 30.3 Å². The van der Waals surface area contributed by atoms with Crippen LogP contribution < -0.4 is 4.74 Å². The number of nitrogens with zero attached hydrogens (tertiary/aromatic N) is 1. The van der Waals surface area contributed by atoms with Gasteiger partial charge in [0.25, 0.3) is 0 Å². The quantitative estimate of drug-likeness (QED) is 0.787. The third-order valence-electron chi connectivity index (χ3n) is 5.18. The van der Waals surface area contributed by atoms with Crippen molar-refractivity contribution in [3.05, 3.63) is 64.2 Å². The smallest absolute Gasteiger partial charge is 0.309 e. The Kier molecular flexibility index (Phi) is 5.34. The Morgan fingerprint density at radius 1 is 1.15 bits per heavy atom. The molecule has 27 heavy (non-hydrogen) atoms. The second kappa shape index (κ2) is 7.89. The number of halogens is 1. The van der Waals surface area contributed by atoms with Crippen LogP contribution in [0.25, 0.3) is 0 Å². The highest BCUT2D eigenvalue weighted by Gasteiger charge is 2.32. The Balaban J connectivity index is 1.27. The van der Waals surface area contributed by atoms with E-state index in [-0.39, 0.29) is 5.92 Å². The summed E-state index contributed by atoms with van der Waals surface area (Å²) in [5, 5.41) is 9.70. The SMILES string of the molecule is O=C(O)C1CN(Cc2ccc(OCc3ccc(C4COC4)c(Cl)c3)cc2)C1. The number of ether oxygens (including phenoxy) is 2. The molecule has 0 atom stereocenters. The fourth-order valence-corrected chi connectivity index (χ4v) is 3.74. The van der Waals surface area contributed by atoms with Gasteiger partial charge in [0.1, 0.15) is 12.4 Å². The second-order valence-corrected chi connectivity index (χ2v) is 7.66. The molecule has 1 N–H and O–H groups in total. The Labute approximate surface area is 163 Å².